The first-order valence-electron chi connectivity index (χ1n) is 9.88. The van der Waals surface area contributed by atoms with E-state index in [1.807, 2.05) is 31.2 Å². The molecule has 0 spiro atoms. The monoisotopic (exact) mass is 396 g/mol. The third-order valence-corrected chi connectivity index (χ3v) is 7.27. The first-order valence-corrected chi connectivity index (χ1v) is 10.7. The van der Waals surface area contributed by atoms with Crippen molar-refractivity contribution in [3.63, 3.8) is 0 Å². The van der Waals surface area contributed by atoms with Crippen LogP contribution in [0.1, 0.15) is 55.2 Å². The Morgan fingerprint density at radius 2 is 2.14 bits per heavy atom. The fourth-order valence-electron chi connectivity index (χ4n) is 3.77. The minimum absolute atomic E-state index is 0.0657. The van der Waals surface area contributed by atoms with Gasteiger partial charge in [-0.1, -0.05) is 45.4 Å². The quantitative estimate of drug-likeness (QED) is 0.702. The summed E-state index contributed by atoms with van der Waals surface area (Å²) in [5, 5.41) is 13.2. The van der Waals surface area contributed by atoms with Crippen LogP contribution in [0.4, 0.5) is 5.00 Å². The fourth-order valence-corrected chi connectivity index (χ4v) is 5.07. The topological polar surface area (TPSA) is 62.1 Å². The second kappa shape index (κ2) is 8.36. The Hall–Kier alpha value is -2.32. The molecule has 1 heterocycles. The van der Waals surface area contributed by atoms with Gasteiger partial charge in [0.05, 0.1) is 5.56 Å². The number of hydrogen-bond donors (Lipinski definition) is 1. The molecule has 2 aromatic rings. The third kappa shape index (κ3) is 4.23. The second-order valence-electron chi connectivity index (χ2n) is 8.20. The summed E-state index contributed by atoms with van der Waals surface area (Å²) in [5.74, 6) is 1.08. The highest BCUT2D eigenvalue weighted by molar-refractivity contribution is 7.16. The summed E-state index contributed by atoms with van der Waals surface area (Å²) in [7, 11) is 0. The van der Waals surface area contributed by atoms with Crippen molar-refractivity contribution in [1.82, 2.24) is 0 Å². The molecule has 0 bridgehead atoms. The molecule has 1 aliphatic carbocycles. The van der Waals surface area contributed by atoms with Crippen LogP contribution in [-0.2, 0) is 17.6 Å². The second-order valence-corrected chi connectivity index (χ2v) is 9.31. The molecule has 0 aliphatic heterocycles. The summed E-state index contributed by atoms with van der Waals surface area (Å²) in [4.78, 5) is 13.7. The van der Waals surface area contributed by atoms with Crippen molar-refractivity contribution in [2.45, 2.75) is 53.4 Å². The van der Waals surface area contributed by atoms with E-state index in [-0.39, 0.29) is 12.5 Å². The van der Waals surface area contributed by atoms with E-state index in [0.29, 0.717) is 27.6 Å². The molecule has 1 aromatic heterocycles. The predicted octanol–water partition coefficient (Wildman–Crippen LogP) is 5.49. The van der Waals surface area contributed by atoms with E-state index in [4.69, 9.17) is 4.74 Å². The number of carbonyl (C=O) groups excluding carboxylic acids is 1. The van der Waals surface area contributed by atoms with Crippen molar-refractivity contribution < 1.29 is 9.53 Å². The van der Waals surface area contributed by atoms with Gasteiger partial charge >= 0.3 is 0 Å². The Morgan fingerprint density at radius 1 is 1.39 bits per heavy atom. The van der Waals surface area contributed by atoms with Crippen LogP contribution in [0.25, 0.3) is 0 Å². The highest BCUT2D eigenvalue weighted by atomic mass is 32.1. The van der Waals surface area contributed by atoms with Gasteiger partial charge in [-0.05, 0) is 54.7 Å². The van der Waals surface area contributed by atoms with Crippen LogP contribution in [0.5, 0.6) is 5.75 Å². The van der Waals surface area contributed by atoms with Crippen LogP contribution >= 0.6 is 11.3 Å². The van der Waals surface area contributed by atoms with E-state index >= 15 is 0 Å². The van der Waals surface area contributed by atoms with Crippen molar-refractivity contribution in [3.05, 3.63) is 45.8 Å². The van der Waals surface area contributed by atoms with Gasteiger partial charge in [0.25, 0.3) is 5.91 Å². The molecular formula is C23H28N2O2S. The number of nitrogens with zero attached hydrogens (tertiary/aromatic N) is 1. The number of thiophene rings is 1. The molecule has 0 fully saturated rings. The van der Waals surface area contributed by atoms with Crippen molar-refractivity contribution >= 4 is 22.2 Å². The molecule has 4 nitrogen and oxygen atoms in total. The SMILES string of the molecule is CCC(C)(C)[C@@H]1CCc2c(sc(NC(=O)COc3ccccc3C)c2C#N)C1. The van der Waals surface area contributed by atoms with Crippen molar-refractivity contribution in [2.75, 3.05) is 11.9 Å². The highest BCUT2D eigenvalue weighted by Gasteiger charge is 2.34. The standard InChI is InChI=1S/C23H28N2O2S/c1-5-23(3,4)16-10-11-17-18(13-24)22(28-20(17)12-16)25-21(26)14-27-19-9-7-6-8-15(19)2/h6-9,16H,5,10-12,14H2,1-4H3,(H,25,26)/t16-/m1/s1. The van der Waals surface area contributed by atoms with Gasteiger partial charge in [-0.25, -0.2) is 0 Å². The predicted molar refractivity (Wildman–Crippen MR) is 114 cm³/mol. The van der Waals surface area contributed by atoms with Gasteiger partial charge in [-0.15, -0.1) is 11.3 Å². The Kier molecular flexibility index (Phi) is 6.10. The average molecular weight is 397 g/mol. The maximum Gasteiger partial charge on any atom is 0.262 e. The largest absolute Gasteiger partial charge is 0.483 e. The van der Waals surface area contributed by atoms with Crippen LogP contribution in [0.15, 0.2) is 24.3 Å². The molecule has 0 saturated carbocycles. The van der Waals surface area contributed by atoms with Gasteiger partial charge in [0.1, 0.15) is 16.8 Å². The summed E-state index contributed by atoms with van der Waals surface area (Å²) in [5.41, 5.74) is 3.05. The number of ether oxygens (including phenoxy) is 1. The smallest absolute Gasteiger partial charge is 0.262 e. The van der Waals surface area contributed by atoms with Crippen molar-refractivity contribution in [2.24, 2.45) is 11.3 Å². The molecular weight excluding hydrogens is 368 g/mol. The first-order chi connectivity index (χ1) is 13.4. The first kappa shape index (κ1) is 20.4. The molecule has 0 unspecified atom stereocenters. The minimum atomic E-state index is -0.233. The summed E-state index contributed by atoms with van der Waals surface area (Å²) >= 11 is 1.56. The number of anilines is 1. The highest BCUT2D eigenvalue weighted by Crippen LogP contribution is 2.45. The third-order valence-electron chi connectivity index (χ3n) is 6.10. The van der Waals surface area contributed by atoms with Crippen LogP contribution in [-0.4, -0.2) is 12.5 Å². The van der Waals surface area contributed by atoms with Gasteiger partial charge in [0, 0.05) is 4.88 Å². The van der Waals surface area contributed by atoms with Crippen LogP contribution in [0.3, 0.4) is 0 Å². The Labute approximate surface area is 171 Å². The molecule has 1 N–H and O–H groups in total. The molecule has 0 saturated heterocycles. The molecule has 1 aromatic carbocycles. The van der Waals surface area contributed by atoms with E-state index in [1.54, 1.807) is 11.3 Å². The van der Waals surface area contributed by atoms with Gasteiger partial charge in [-0.2, -0.15) is 5.26 Å². The Balaban J connectivity index is 1.71. The number of amides is 1. The summed E-state index contributed by atoms with van der Waals surface area (Å²) in [6.07, 6.45) is 4.15. The molecule has 148 valence electrons. The van der Waals surface area contributed by atoms with Crippen molar-refractivity contribution in [3.8, 4) is 11.8 Å². The minimum Gasteiger partial charge on any atom is -0.483 e. The lowest BCUT2D eigenvalue weighted by Crippen LogP contribution is -2.28. The van der Waals surface area contributed by atoms with E-state index in [1.165, 1.54) is 4.88 Å². The number of nitriles is 1. The van der Waals surface area contributed by atoms with Crippen LogP contribution in [0, 0.1) is 29.6 Å². The fraction of sp³-hybridized carbons (Fsp3) is 0.478. The molecule has 0 radical (unpaired) electrons. The molecule has 5 heteroatoms. The number of hydrogen-bond acceptors (Lipinski definition) is 4. The molecule has 1 atom stereocenters. The van der Waals surface area contributed by atoms with Gasteiger partial charge in [0.2, 0.25) is 0 Å². The zero-order chi connectivity index (χ0) is 20.3. The van der Waals surface area contributed by atoms with E-state index in [2.05, 4.69) is 32.2 Å². The summed E-state index contributed by atoms with van der Waals surface area (Å²) in [6.45, 7) is 8.78. The van der Waals surface area contributed by atoms with E-state index in [0.717, 1.165) is 36.8 Å². The molecule has 3 rings (SSSR count). The summed E-state index contributed by atoms with van der Waals surface area (Å²) < 4.78 is 5.63. The van der Waals surface area contributed by atoms with Gasteiger partial charge < -0.3 is 10.1 Å². The number of para-hydroxylation sites is 1. The number of fused-ring (bicyclic) bond motifs is 1. The normalized spacial score (nSPS) is 16.2. The lowest BCUT2D eigenvalue weighted by Gasteiger charge is -2.36. The van der Waals surface area contributed by atoms with Crippen molar-refractivity contribution in [1.29, 1.82) is 5.26 Å². The molecule has 1 aliphatic rings. The van der Waals surface area contributed by atoms with Crippen LogP contribution in [0.2, 0.25) is 0 Å². The van der Waals surface area contributed by atoms with E-state index < -0.39 is 0 Å². The van der Waals surface area contributed by atoms with E-state index in [9.17, 15) is 10.1 Å². The average Bonchev–Trinajstić information content (AvgIpc) is 3.03. The number of aryl methyl sites for hydroxylation is 1. The molecule has 1 amide bonds. The number of rotatable bonds is 6. The lowest BCUT2D eigenvalue weighted by atomic mass is 9.69. The lowest BCUT2D eigenvalue weighted by molar-refractivity contribution is -0.118. The maximum atomic E-state index is 12.4. The zero-order valence-corrected chi connectivity index (χ0v) is 17.9. The van der Waals surface area contributed by atoms with Gasteiger partial charge in [-0.3, -0.25) is 4.79 Å². The number of nitrogens with one attached hydrogen (secondary N) is 1. The maximum absolute atomic E-state index is 12.4. The Bertz CT molecular complexity index is 908. The zero-order valence-electron chi connectivity index (χ0n) is 17.1. The Morgan fingerprint density at radius 3 is 2.82 bits per heavy atom. The molecule has 28 heavy (non-hydrogen) atoms. The summed E-state index contributed by atoms with van der Waals surface area (Å²) in [6, 6.07) is 9.93. The van der Waals surface area contributed by atoms with Gasteiger partial charge in [0.15, 0.2) is 6.61 Å². The number of carbonyl (C=O) groups is 1. The number of benzene rings is 1. The van der Waals surface area contributed by atoms with Crippen LogP contribution < -0.4 is 10.1 Å².